The quantitative estimate of drug-likeness (QED) is 0.759. The molecule has 3 aromatic rings. The molecule has 0 bridgehead atoms. The highest BCUT2D eigenvalue weighted by Gasteiger charge is 2.08. The molecule has 2 aromatic carbocycles. The Balaban J connectivity index is 1.87. The highest BCUT2D eigenvalue weighted by molar-refractivity contribution is 7.17. The van der Waals surface area contributed by atoms with Crippen LogP contribution in [0.4, 0.5) is 0 Å². The number of benzene rings is 2. The molecule has 0 saturated heterocycles. The van der Waals surface area contributed by atoms with E-state index >= 15 is 0 Å². The lowest BCUT2D eigenvalue weighted by molar-refractivity contribution is 0.306. The average Bonchev–Trinajstić information content (AvgIpc) is 2.83. The molecule has 1 aromatic heterocycles. The summed E-state index contributed by atoms with van der Waals surface area (Å²) in [6.07, 6.45) is 0. The van der Waals surface area contributed by atoms with Gasteiger partial charge in [0.25, 0.3) is 0 Å². The van der Waals surface area contributed by atoms with Gasteiger partial charge in [0, 0.05) is 10.9 Å². The molecule has 0 unspecified atom stereocenters. The largest absolute Gasteiger partial charge is 0.506 e. The van der Waals surface area contributed by atoms with Crippen molar-refractivity contribution in [2.75, 3.05) is 0 Å². The fraction of sp³-hybridized carbons (Fsp3) is 0.125. The van der Waals surface area contributed by atoms with Crippen LogP contribution in [-0.4, -0.2) is 5.11 Å². The van der Waals surface area contributed by atoms with Crippen molar-refractivity contribution >= 4 is 21.4 Å². The fourth-order valence-electron chi connectivity index (χ4n) is 2.08. The molecule has 0 radical (unpaired) electrons. The Morgan fingerprint density at radius 3 is 2.79 bits per heavy atom. The van der Waals surface area contributed by atoms with Crippen molar-refractivity contribution in [3.8, 4) is 11.5 Å². The van der Waals surface area contributed by atoms with Gasteiger partial charge >= 0.3 is 0 Å². The van der Waals surface area contributed by atoms with Gasteiger partial charge in [-0.3, -0.25) is 0 Å². The van der Waals surface area contributed by atoms with Crippen LogP contribution < -0.4 is 4.74 Å². The summed E-state index contributed by atoms with van der Waals surface area (Å²) in [7, 11) is 0. The first-order chi connectivity index (χ1) is 9.25. The number of fused-ring (bicyclic) bond motifs is 1. The highest BCUT2D eigenvalue weighted by atomic mass is 32.1. The van der Waals surface area contributed by atoms with Crippen LogP contribution in [-0.2, 0) is 6.61 Å². The monoisotopic (exact) mass is 270 g/mol. The number of phenolic OH excluding ortho intramolecular Hbond substituents is 1. The third-order valence-corrected chi connectivity index (χ3v) is 4.20. The predicted octanol–water partition coefficient (Wildman–Crippen LogP) is 4.49. The zero-order chi connectivity index (χ0) is 13.2. The van der Waals surface area contributed by atoms with E-state index in [0.717, 1.165) is 27.0 Å². The maximum atomic E-state index is 9.78. The molecule has 0 spiro atoms. The zero-order valence-electron chi connectivity index (χ0n) is 10.6. The van der Waals surface area contributed by atoms with Crippen LogP contribution in [0, 0.1) is 6.92 Å². The van der Waals surface area contributed by atoms with Crippen molar-refractivity contribution in [3.05, 3.63) is 59.0 Å². The molecule has 2 nitrogen and oxygen atoms in total. The molecule has 0 amide bonds. The van der Waals surface area contributed by atoms with Gasteiger partial charge in [-0.1, -0.05) is 30.3 Å². The smallest absolute Gasteiger partial charge is 0.133 e. The molecule has 0 aliphatic carbocycles. The summed E-state index contributed by atoms with van der Waals surface area (Å²) in [6, 6.07) is 13.6. The van der Waals surface area contributed by atoms with E-state index in [4.69, 9.17) is 4.74 Å². The van der Waals surface area contributed by atoms with Gasteiger partial charge in [-0.15, -0.1) is 11.3 Å². The van der Waals surface area contributed by atoms with E-state index in [1.807, 2.05) is 48.7 Å². The minimum absolute atomic E-state index is 0.338. The molecule has 3 heteroatoms. The molecule has 1 N–H and O–H groups in total. The van der Waals surface area contributed by atoms with Crippen molar-refractivity contribution in [3.63, 3.8) is 0 Å². The Morgan fingerprint density at radius 2 is 1.95 bits per heavy atom. The van der Waals surface area contributed by atoms with Crippen LogP contribution in [0.5, 0.6) is 11.5 Å². The Labute approximate surface area is 115 Å². The molecule has 19 heavy (non-hydrogen) atoms. The van der Waals surface area contributed by atoms with Crippen LogP contribution in [0.2, 0.25) is 0 Å². The lowest BCUT2D eigenvalue weighted by Crippen LogP contribution is -1.95. The SMILES string of the molecule is Cc1ccccc1OCc1csc2c(O)cccc12. The molecule has 0 aliphatic heterocycles. The second-order valence-corrected chi connectivity index (χ2v) is 5.35. The van der Waals surface area contributed by atoms with E-state index in [-0.39, 0.29) is 0 Å². The molecule has 1 heterocycles. The molecular formula is C16H14O2S. The van der Waals surface area contributed by atoms with Crippen molar-refractivity contribution in [2.24, 2.45) is 0 Å². The van der Waals surface area contributed by atoms with Crippen molar-refractivity contribution in [1.29, 1.82) is 0 Å². The van der Waals surface area contributed by atoms with Crippen LogP contribution >= 0.6 is 11.3 Å². The number of para-hydroxylation sites is 1. The second kappa shape index (κ2) is 4.94. The van der Waals surface area contributed by atoms with Crippen molar-refractivity contribution < 1.29 is 9.84 Å². The Morgan fingerprint density at radius 1 is 1.11 bits per heavy atom. The van der Waals surface area contributed by atoms with Gasteiger partial charge in [-0.05, 0) is 30.0 Å². The van der Waals surface area contributed by atoms with E-state index in [2.05, 4.69) is 0 Å². The van der Waals surface area contributed by atoms with Crippen molar-refractivity contribution in [2.45, 2.75) is 13.5 Å². The number of phenols is 1. The standard InChI is InChI=1S/C16H14O2S/c1-11-5-2-3-8-15(11)18-9-12-10-19-16-13(12)6-4-7-14(16)17/h2-8,10,17H,9H2,1H3. The van der Waals surface area contributed by atoms with E-state index in [1.54, 1.807) is 17.4 Å². The molecule has 3 rings (SSSR count). The first-order valence-electron chi connectivity index (χ1n) is 6.12. The molecule has 96 valence electrons. The Hall–Kier alpha value is -2.00. The first kappa shape index (κ1) is 12.1. The van der Waals surface area contributed by atoms with Crippen molar-refractivity contribution in [1.82, 2.24) is 0 Å². The molecule has 0 saturated carbocycles. The number of ether oxygens (including phenoxy) is 1. The summed E-state index contributed by atoms with van der Waals surface area (Å²) in [5.74, 6) is 1.24. The zero-order valence-corrected chi connectivity index (χ0v) is 11.4. The number of aryl methyl sites for hydroxylation is 1. The fourth-order valence-corrected chi connectivity index (χ4v) is 3.05. The van der Waals surface area contributed by atoms with E-state index in [9.17, 15) is 5.11 Å². The summed E-state index contributed by atoms with van der Waals surface area (Å²) < 4.78 is 6.78. The van der Waals surface area contributed by atoms with E-state index in [0.29, 0.717) is 12.4 Å². The minimum atomic E-state index is 0.338. The number of hydrogen-bond donors (Lipinski definition) is 1. The highest BCUT2D eigenvalue weighted by Crippen LogP contribution is 2.33. The van der Waals surface area contributed by atoms with Crippen LogP contribution in [0.1, 0.15) is 11.1 Å². The third kappa shape index (κ3) is 2.29. The lowest BCUT2D eigenvalue weighted by atomic mass is 10.2. The predicted molar refractivity (Wildman–Crippen MR) is 79.0 cm³/mol. The summed E-state index contributed by atoms with van der Waals surface area (Å²) in [5, 5.41) is 12.9. The van der Waals surface area contributed by atoms with Gasteiger partial charge in [0.1, 0.15) is 18.1 Å². The molecular weight excluding hydrogens is 256 g/mol. The summed E-state index contributed by atoms with van der Waals surface area (Å²) in [4.78, 5) is 0. The summed E-state index contributed by atoms with van der Waals surface area (Å²) in [6.45, 7) is 2.56. The third-order valence-electron chi connectivity index (χ3n) is 3.14. The number of rotatable bonds is 3. The minimum Gasteiger partial charge on any atom is -0.506 e. The van der Waals surface area contributed by atoms with Crippen LogP contribution in [0.3, 0.4) is 0 Å². The normalized spacial score (nSPS) is 10.8. The Kier molecular flexibility index (Phi) is 3.13. The lowest BCUT2D eigenvalue weighted by Gasteiger charge is -2.08. The van der Waals surface area contributed by atoms with Crippen LogP contribution in [0.15, 0.2) is 47.8 Å². The second-order valence-electron chi connectivity index (χ2n) is 4.47. The molecule has 0 aliphatic rings. The maximum Gasteiger partial charge on any atom is 0.133 e. The van der Waals surface area contributed by atoms with Gasteiger partial charge in [0.05, 0.1) is 4.70 Å². The van der Waals surface area contributed by atoms with Gasteiger partial charge < -0.3 is 9.84 Å². The van der Waals surface area contributed by atoms with Crippen LogP contribution in [0.25, 0.3) is 10.1 Å². The Bertz CT molecular complexity index is 716. The number of aromatic hydroxyl groups is 1. The maximum absolute atomic E-state index is 9.78. The summed E-state index contributed by atoms with van der Waals surface area (Å²) >= 11 is 1.55. The van der Waals surface area contributed by atoms with E-state index in [1.165, 1.54) is 0 Å². The number of hydrogen-bond acceptors (Lipinski definition) is 3. The molecule has 0 atom stereocenters. The first-order valence-corrected chi connectivity index (χ1v) is 7.00. The number of thiophene rings is 1. The van der Waals surface area contributed by atoms with Gasteiger partial charge in [0.15, 0.2) is 0 Å². The van der Waals surface area contributed by atoms with E-state index < -0.39 is 0 Å². The topological polar surface area (TPSA) is 29.5 Å². The average molecular weight is 270 g/mol. The van der Waals surface area contributed by atoms with Gasteiger partial charge in [-0.2, -0.15) is 0 Å². The summed E-state index contributed by atoms with van der Waals surface area (Å²) in [5.41, 5.74) is 2.24. The van der Waals surface area contributed by atoms with Gasteiger partial charge in [0.2, 0.25) is 0 Å². The molecule has 0 fully saturated rings. The van der Waals surface area contributed by atoms with Gasteiger partial charge in [-0.25, -0.2) is 0 Å².